The van der Waals surface area contributed by atoms with E-state index in [2.05, 4.69) is 46.7 Å². The van der Waals surface area contributed by atoms with Gasteiger partial charge in [0, 0.05) is 10.9 Å². The molecule has 0 fully saturated rings. The molecule has 24 heavy (non-hydrogen) atoms. The topological polar surface area (TPSA) is 37.3 Å². The van der Waals surface area contributed by atoms with Gasteiger partial charge < -0.3 is 0 Å². The molecule has 0 radical (unpaired) electrons. The van der Waals surface area contributed by atoms with Gasteiger partial charge in [0.25, 0.3) is 0 Å². The molecule has 1 N–H and O–H groups in total. The summed E-state index contributed by atoms with van der Waals surface area (Å²) in [6.07, 6.45) is 0. The molecule has 0 aliphatic heterocycles. The summed E-state index contributed by atoms with van der Waals surface area (Å²) in [5.74, 6) is 0. The molecule has 0 atom stereocenters. The summed E-state index contributed by atoms with van der Waals surface area (Å²) in [6, 6.07) is 13.7. The van der Waals surface area contributed by atoms with Gasteiger partial charge in [-0.05, 0) is 31.5 Å². The van der Waals surface area contributed by atoms with E-state index >= 15 is 0 Å². The Morgan fingerprint density at radius 2 is 1.83 bits per heavy atom. The van der Waals surface area contributed by atoms with Crippen LogP contribution < -0.4 is 5.43 Å². The van der Waals surface area contributed by atoms with Gasteiger partial charge >= 0.3 is 0 Å². The van der Waals surface area contributed by atoms with Crippen LogP contribution in [0.5, 0.6) is 0 Å². The van der Waals surface area contributed by atoms with E-state index in [1.807, 2.05) is 24.4 Å². The van der Waals surface area contributed by atoms with E-state index in [0.717, 1.165) is 27.7 Å². The molecule has 0 bridgehead atoms. The molecule has 1 heterocycles. The second-order valence-corrected chi connectivity index (χ2v) is 7.01. The SMILES string of the molecule is C/C(=N\Nc1nc(-c2ccc(Cl)c(Cl)c2)cs1)c1ccc(C)cc1. The summed E-state index contributed by atoms with van der Waals surface area (Å²) in [5, 5.41) is 8.13. The van der Waals surface area contributed by atoms with Gasteiger partial charge in [-0.3, -0.25) is 5.43 Å². The van der Waals surface area contributed by atoms with Crippen LogP contribution in [0.4, 0.5) is 5.13 Å². The maximum atomic E-state index is 6.06. The smallest absolute Gasteiger partial charge is 0.203 e. The first-order chi connectivity index (χ1) is 11.5. The van der Waals surface area contributed by atoms with Crippen LogP contribution in [0.2, 0.25) is 10.0 Å². The Kier molecular flexibility index (Phi) is 5.19. The number of benzene rings is 2. The van der Waals surface area contributed by atoms with Crippen molar-refractivity contribution in [2.24, 2.45) is 5.10 Å². The lowest BCUT2D eigenvalue weighted by molar-refractivity contribution is 1.27. The standard InChI is InChI=1S/C18H15Cl2N3S/c1-11-3-5-13(6-4-11)12(2)22-23-18-21-17(10-24-18)14-7-8-15(19)16(20)9-14/h3-10H,1-2H3,(H,21,23)/b22-12+. The Morgan fingerprint density at radius 3 is 2.54 bits per heavy atom. The molecule has 0 saturated carbocycles. The zero-order valence-corrected chi connectivity index (χ0v) is 15.5. The largest absolute Gasteiger partial charge is 0.252 e. The van der Waals surface area contributed by atoms with Crippen molar-refractivity contribution >= 4 is 45.4 Å². The average Bonchev–Trinajstić information content (AvgIpc) is 3.05. The van der Waals surface area contributed by atoms with Crippen LogP contribution in [-0.2, 0) is 0 Å². The highest BCUT2D eigenvalue weighted by atomic mass is 35.5. The molecule has 2 aromatic carbocycles. The van der Waals surface area contributed by atoms with Crippen LogP contribution in [0.15, 0.2) is 52.9 Å². The third kappa shape index (κ3) is 3.96. The summed E-state index contributed by atoms with van der Waals surface area (Å²) in [4.78, 5) is 4.53. The van der Waals surface area contributed by atoms with Crippen LogP contribution in [-0.4, -0.2) is 10.7 Å². The summed E-state index contributed by atoms with van der Waals surface area (Å²) < 4.78 is 0. The minimum atomic E-state index is 0.518. The Hall–Kier alpha value is -1.88. The molecule has 122 valence electrons. The molecular formula is C18H15Cl2N3S. The van der Waals surface area contributed by atoms with Crippen LogP contribution in [0.1, 0.15) is 18.1 Å². The second kappa shape index (κ2) is 7.34. The summed E-state index contributed by atoms with van der Waals surface area (Å²) in [5.41, 5.74) is 7.98. The maximum Gasteiger partial charge on any atom is 0.203 e. The van der Waals surface area contributed by atoms with Crippen molar-refractivity contribution in [2.45, 2.75) is 13.8 Å². The minimum absolute atomic E-state index is 0.518. The predicted octanol–water partition coefficient (Wildman–Crippen LogP) is 6.26. The van der Waals surface area contributed by atoms with E-state index in [9.17, 15) is 0 Å². The van der Waals surface area contributed by atoms with E-state index in [0.29, 0.717) is 10.0 Å². The van der Waals surface area contributed by atoms with Gasteiger partial charge in [0.1, 0.15) is 0 Å². The quantitative estimate of drug-likeness (QED) is 0.431. The monoisotopic (exact) mass is 375 g/mol. The number of aryl methyl sites for hydroxylation is 1. The van der Waals surface area contributed by atoms with Crippen molar-refractivity contribution in [1.29, 1.82) is 0 Å². The molecule has 0 spiro atoms. The first-order valence-electron chi connectivity index (χ1n) is 7.31. The summed E-state index contributed by atoms with van der Waals surface area (Å²) in [6.45, 7) is 4.03. The highest BCUT2D eigenvalue weighted by Gasteiger charge is 2.07. The fourth-order valence-corrected chi connectivity index (χ4v) is 3.06. The molecule has 3 rings (SSSR count). The van der Waals surface area contributed by atoms with Crippen molar-refractivity contribution in [2.75, 3.05) is 5.43 Å². The lowest BCUT2D eigenvalue weighted by Crippen LogP contribution is -1.99. The highest BCUT2D eigenvalue weighted by molar-refractivity contribution is 7.14. The predicted molar refractivity (Wildman–Crippen MR) is 105 cm³/mol. The van der Waals surface area contributed by atoms with E-state index in [1.54, 1.807) is 6.07 Å². The molecule has 0 saturated heterocycles. The number of halogens is 2. The first-order valence-corrected chi connectivity index (χ1v) is 8.95. The zero-order valence-electron chi connectivity index (χ0n) is 13.2. The van der Waals surface area contributed by atoms with Gasteiger partial charge in [-0.1, -0.05) is 59.1 Å². The maximum absolute atomic E-state index is 6.06. The number of nitrogens with zero attached hydrogens (tertiary/aromatic N) is 2. The third-order valence-electron chi connectivity index (χ3n) is 3.51. The molecule has 3 nitrogen and oxygen atoms in total. The molecule has 6 heteroatoms. The van der Waals surface area contributed by atoms with Gasteiger partial charge in [-0.15, -0.1) is 11.3 Å². The molecule has 1 aromatic heterocycles. The van der Waals surface area contributed by atoms with E-state index in [1.165, 1.54) is 16.9 Å². The van der Waals surface area contributed by atoms with E-state index in [-0.39, 0.29) is 0 Å². The lowest BCUT2D eigenvalue weighted by atomic mass is 10.1. The Balaban J connectivity index is 1.75. The molecule has 3 aromatic rings. The number of aromatic nitrogens is 1. The number of hydrogen-bond acceptors (Lipinski definition) is 4. The fourth-order valence-electron chi connectivity index (χ4n) is 2.10. The molecular weight excluding hydrogens is 361 g/mol. The van der Waals surface area contributed by atoms with Crippen molar-refractivity contribution in [1.82, 2.24) is 4.98 Å². The highest BCUT2D eigenvalue weighted by Crippen LogP contribution is 2.30. The second-order valence-electron chi connectivity index (χ2n) is 5.34. The number of hydrogen-bond donors (Lipinski definition) is 1. The van der Waals surface area contributed by atoms with E-state index < -0.39 is 0 Å². The fraction of sp³-hybridized carbons (Fsp3) is 0.111. The minimum Gasteiger partial charge on any atom is -0.252 e. The molecule has 0 aliphatic carbocycles. The van der Waals surface area contributed by atoms with Crippen molar-refractivity contribution in [3.63, 3.8) is 0 Å². The number of rotatable bonds is 4. The number of hydrazone groups is 1. The van der Waals surface area contributed by atoms with Gasteiger partial charge in [0.05, 0.1) is 21.5 Å². The molecule has 0 amide bonds. The average molecular weight is 376 g/mol. The summed E-state index contributed by atoms with van der Waals surface area (Å²) >= 11 is 13.5. The van der Waals surface area contributed by atoms with Gasteiger partial charge in [-0.25, -0.2) is 4.98 Å². The van der Waals surface area contributed by atoms with Crippen LogP contribution in [0.25, 0.3) is 11.3 Å². The van der Waals surface area contributed by atoms with Crippen molar-refractivity contribution in [3.8, 4) is 11.3 Å². The first kappa shape index (κ1) is 17.0. The summed E-state index contributed by atoms with van der Waals surface area (Å²) in [7, 11) is 0. The van der Waals surface area contributed by atoms with Gasteiger partial charge in [0.15, 0.2) is 0 Å². The van der Waals surface area contributed by atoms with Crippen LogP contribution in [0.3, 0.4) is 0 Å². The van der Waals surface area contributed by atoms with Gasteiger partial charge in [0.2, 0.25) is 5.13 Å². The molecule has 0 unspecified atom stereocenters. The third-order valence-corrected chi connectivity index (χ3v) is 4.99. The Morgan fingerprint density at radius 1 is 1.08 bits per heavy atom. The number of anilines is 1. The van der Waals surface area contributed by atoms with Crippen LogP contribution >= 0.6 is 34.5 Å². The van der Waals surface area contributed by atoms with Gasteiger partial charge in [-0.2, -0.15) is 5.10 Å². The van der Waals surface area contributed by atoms with E-state index in [4.69, 9.17) is 23.2 Å². The van der Waals surface area contributed by atoms with Crippen molar-refractivity contribution < 1.29 is 0 Å². The zero-order chi connectivity index (χ0) is 17.1. The molecule has 0 aliphatic rings. The van der Waals surface area contributed by atoms with Crippen LogP contribution in [0, 0.1) is 6.92 Å². The van der Waals surface area contributed by atoms with Crippen molar-refractivity contribution in [3.05, 3.63) is 69.0 Å². The lowest BCUT2D eigenvalue weighted by Gasteiger charge is -2.02. The Bertz CT molecular complexity index is 886. The number of thiazole rings is 1. The normalized spacial score (nSPS) is 11.6. The number of nitrogens with one attached hydrogen (secondary N) is 1. The Labute approximate surface area is 155 Å².